The van der Waals surface area contributed by atoms with E-state index < -0.39 is 0 Å². The van der Waals surface area contributed by atoms with E-state index in [-0.39, 0.29) is 5.82 Å². The quantitative estimate of drug-likeness (QED) is 0.710. The van der Waals surface area contributed by atoms with E-state index in [0.717, 1.165) is 16.3 Å². The second-order valence-electron chi connectivity index (χ2n) is 4.03. The summed E-state index contributed by atoms with van der Waals surface area (Å²) >= 11 is 0. The molecular weight excluding hydrogens is 229 g/mol. The van der Waals surface area contributed by atoms with Gasteiger partial charge in [0, 0.05) is 23.3 Å². The van der Waals surface area contributed by atoms with Gasteiger partial charge in [-0.2, -0.15) is 0 Å². The van der Waals surface area contributed by atoms with Crippen LogP contribution < -0.4 is 5.73 Å². The van der Waals surface area contributed by atoms with Crippen LogP contribution in [-0.4, -0.2) is 9.97 Å². The van der Waals surface area contributed by atoms with E-state index in [0.29, 0.717) is 11.4 Å². The van der Waals surface area contributed by atoms with Crippen molar-refractivity contribution in [1.82, 2.24) is 9.97 Å². The minimum Gasteiger partial charge on any atom is -0.384 e. The van der Waals surface area contributed by atoms with Gasteiger partial charge in [0.15, 0.2) is 0 Å². The average molecular weight is 239 g/mol. The lowest BCUT2D eigenvalue weighted by atomic mass is 10.0. The number of rotatable bonds is 1. The molecule has 0 aliphatic carbocycles. The summed E-state index contributed by atoms with van der Waals surface area (Å²) in [6.07, 6.45) is 4.49. The van der Waals surface area contributed by atoms with Gasteiger partial charge in [-0.05, 0) is 29.1 Å². The zero-order valence-electron chi connectivity index (χ0n) is 9.47. The standard InChI is InChI=1S/C14H10FN3/c15-13-8-17-4-3-12(13)9-1-2-10-7-18-14(16)6-11(10)5-9/h1-8H,(H2,16,18). The van der Waals surface area contributed by atoms with Gasteiger partial charge >= 0.3 is 0 Å². The lowest BCUT2D eigenvalue weighted by molar-refractivity contribution is 0.625. The van der Waals surface area contributed by atoms with Crippen LogP contribution in [0.4, 0.5) is 10.2 Å². The van der Waals surface area contributed by atoms with Crippen LogP contribution in [0.3, 0.4) is 0 Å². The predicted molar refractivity (Wildman–Crippen MR) is 69.3 cm³/mol. The number of aromatic nitrogens is 2. The third-order valence-electron chi connectivity index (χ3n) is 2.83. The first-order valence-electron chi connectivity index (χ1n) is 5.49. The Bertz CT molecular complexity index is 725. The van der Waals surface area contributed by atoms with Crippen molar-refractivity contribution in [3.8, 4) is 11.1 Å². The summed E-state index contributed by atoms with van der Waals surface area (Å²) in [6.45, 7) is 0. The molecule has 0 atom stereocenters. The smallest absolute Gasteiger partial charge is 0.149 e. The molecule has 0 saturated carbocycles. The molecular formula is C14H10FN3. The van der Waals surface area contributed by atoms with Crippen LogP contribution >= 0.6 is 0 Å². The van der Waals surface area contributed by atoms with Gasteiger partial charge in [0.25, 0.3) is 0 Å². The predicted octanol–water partition coefficient (Wildman–Crippen LogP) is 3.02. The van der Waals surface area contributed by atoms with Crippen LogP contribution in [0, 0.1) is 5.82 Å². The molecule has 0 fully saturated rings. The highest BCUT2D eigenvalue weighted by Crippen LogP contribution is 2.26. The Morgan fingerprint density at radius 2 is 1.89 bits per heavy atom. The molecule has 2 heterocycles. The lowest BCUT2D eigenvalue weighted by Crippen LogP contribution is -1.90. The molecule has 0 radical (unpaired) electrons. The summed E-state index contributed by atoms with van der Waals surface area (Å²) in [5, 5.41) is 1.92. The molecule has 0 unspecified atom stereocenters. The Kier molecular flexibility index (Phi) is 2.41. The van der Waals surface area contributed by atoms with Crippen molar-refractivity contribution < 1.29 is 4.39 Å². The number of fused-ring (bicyclic) bond motifs is 1. The monoisotopic (exact) mass is 239 g/mol. The van der Waals surface area contributed by atoms with Crippen LogP contribution in [0.1, 0.15) is 0 Å². The first kappa shape index (κ1) is 10.7. The van der Waals surface area contributed by atoms with Crippen LogP contribution in [0.25, 0.3) is 21.9 Å². The van der Waals surface area contributed by atoms with E-state index in [1.807, 2.05) is 18.2 Å². The van der Waals surface area contributed by atoms with Crippen molar-refractivity contribution in [3.05, 3.63) is 54.7 Å². The number of nitrogens with two attached hydrogens (primary N) is 1. The van der Waals surface area contributed by atoms with Crippen molar-refractivity contribution in [2.45, 2.75) is 0 Å². The first-order valence-corrected chi connectivity index (χ1v) is 5.49. The molecule has 3 aromatic rings. The van der Waals surface area contributed by atoms with Crippen LogP contribution in [0.5, 0.6) is 0 Å². The summed E-state index contributed by atoms with van der Waals surface area (Å²) in [5.74, 6) is 0.119. The van der Waals surface area contributed by atoms with Crippen LogP contribution in [0.2, 0.25) is 0 Å². The molecule has 2 N–H and O–H groups in total. The Morgan fingerprint density at radius 1 is 1.00 bits per heavy atom. The van der Waals surface area contributed by atoms with E-state index in [9.17, 15) is 4.39 Å². The second kappa shape index (κ2) is 4.07. The van der Waals surface area contributed by atoms with Crippen LogP contribution in [-0.2, 0) is 0 Å². The fraction of sp³-hybridized carbons (Fsp3) is 0. The average Bonchev–Trinajstić information content (AvgIpc) is 2.38. The van der Waals surface area contributed by atoms with Crippen molar-refractivity contribution in [2.75, 3.05) is 5.73 Å². The van der Waals surface area contributed by atoms with Gasteiger partial charge in [0.1, 0.15) is 11.6 Å². The Labute approximate surface area is 103 Å². The summed E-state index contributed by atoms with van der Waals surface area (Å²) in [5.41, 5.74) is 6.98. The summed E-state index contributed by atoms with van der Waals surface area (Å²) in [6, 6.07) is 9.08. The highest BCUT2D eigenvalue weighted by molar-refractivity contribution is 5.88. The number of nitrogen functional groups attached to an aromatic ring is 1. The molecule has 3 rings (SSSR count). The molecule has 0 saturated heterocycles. The molecule has 1 aromatic carbocycles. The van der Waals surface area contributed by atoms with Gasteiger partial charge in [0.2, 0.25) is 0 Å². The van der Waals surface area contributed by atoms with Crippen molar-refractivity contribution in [1.29, 1.82) is 0 Å². The number of hydrogen-bond acceptors (Lipinski definition) is 3. The maximum atomic E-state index is 13.7. The fourth-order valence-electron chi connectivity index (χ4n) is 1.93. The molecule has 0 bridgehead atoms. The summed E-state index contributed by atoms with van der Waals surface area (Å²) < 4.78 is 13.7. The zero-order valence-corrected chi connectivity index (χ0v) is 9.47. The molecule has 0 spiro atoms. The van der Waals surface area contributed by atoms with Crippen LogP contribution in [0.15, 0.2) is 48.9 Å². The zero-order chi connectivity index (χ0) is 12.5. The van der Waals surface area contributed by atoms with E-state index in [1.165, 1.54) is 6.20 Å². The number of pyridine rings is 2. The SMILES string of the molecule is Nc1cc2cc(-c3ccncc3F)ccc2cn1. The van der Waals surface area contributed by atoms with Gasteiger partial charge in [-0.25, -0.2) is 9.37 Å². The lowest BCUT2D eigenvalue weighted by Gasteiger charge is -2.05. The van der Waals surface area contributed by atoms with Gasteiger partial charge in [-0.3, -0.25) is 4.98 Å². The first-order chi connectivity index (χ1) is 8.74. The van der Waals surface area contributed by atoms with E-state index in [2.05, 4.69) is 9.97 Å². The molecule has 0 aliphatic rings. The Balaban J connectivity index is 2.22. The maximum absolute atomic E-state index is 13.7. The fourth-order valence-corrected chi connectivity index (χ4v) is 1.93. The number of benzene rings is 1. The highest BCUT2D eigenvalue weighted by atomic mass is 19.1. The van der Waals surface area contributed by atoms with E-state index in [1.54, 1.807) is 24.5 Å². The number of halogens is 1. The Hall–Kier alpha value is -2.49. The van der Waals surface area contributed by atoms with Gasteiger partial charge in [0.05, 0.1) is 6.20 Å². The van der Waals surface area contributed by atoms with Gasteiger partial charge in [-0.15, -0.1) is 0 Å². The number of nitrogens with zero attached hydrogens (tertiary/aromatic N) is 2. The highest BCUT2D eigenvalue weighted by Gasteiger charge is 2.05. The van der Waals surface area contributed by atoms with Crippen molar-refractivity contribution in [3.63, 3.8) is 0 Å². The van der Waals surface area contributed by atoms with Gasteiger partial charge < -0.3 is 5.73 Å². The van der Waals surface area contributed by atoms with Crippen molar-refractivity contribution >= 4 is 16.6 Å². The van der Waals surface area contributed by atoms with E-state index in [4.69, 9.17) is 5.73 Å². The maximum Gasteiger partial charge on any atom is 0.149 e. The molecule has 0 amide bonds. The van der Waals surface area contributed by atoms with Gasteiger partial charge in [-0.1, -0.05) is 12.1 Å². The minimum atomic E-state index is -0.334. The largest absolute Gasteiger partial charge is 0.384 e. The third kappa shape index (κ3) is 1.78. The minimum absolute atomic E-state index is 0.334. The summed E-state index contributed by atoms with van der Waals surface area (Å²) in [7, 11) is 0. The molecule has 0 aliphatic heterocycles. The van der Waals surface area contributed by atoms with E-state index >= 15 is 0 Å². The molecule has 2 aromatic heterocycles. The molecule has 88 valence electrons. The van der Waals surface area contributed by atoms with Crippen molar-refractivity contribution in [2.24, 2.45) is 0 Å². The molecule has 18 heavy (non-hydrogen) atoms. The summed E-state index contributed by atoms with van der Waals surface area (Å²) in [4.78, 5) is 7.76. The third-order valence-corrected chi connectivity index (χ3v) is 2.83. The molecule has 3 nitrogen and oxygen atoms in total. The number of anilines is 1. The normalized spacial score (nSPS) is 10.7. The topological polar surface area (TPSA) is 51.8 Å². The number of hydrogen-bond donors (Lipinski definition) is 1. The second-order valence-corrected chi connectivity index (χ2v) is 4.03. The Morgan fingerprint density at radius 3 is 2.72 bits per heavy atom. The molecule has 4 heteroatoms.